The number of H-pyrrole nitrogens is 1. The summed E-state index contributed by atoms with van der Waals surface area (Å²) in [5.41, 5.74) is 8.48. The van der Waals surface area contributed by atoms with Gasteiger partial charge in [-0.15, -0.1) is 0 Å². The first-order chi connectivity index (χ1) is 15.2. The average molecular weight is 413 g/mol. The van der Waals surface area contributed by atoms with Crippen LogP contribution in [0.2, 0.25) is 0 Å². The highest BCUT2D eigenvalue weighted by atomic mass is 15.1. The Morgan fingerprint density at radius 1 is 0.968 bits per heavy atom. The van der Waals surface area contributed by atoms with Crippen LogP contribution in [0.1, 0.15) is 24.1 Å². The molecular formula is C25H28N6. The van der Waals surface area contributed by atoms with Gasteiger partial charge in [-0.25, -0.2) is 9.97 Å². The van der Waals surface area contributed by atoms with Gasteiger partial charge >= 0.3 is 0 Å². The van der Waals surface area contributed by atoms with Crippen molar-refractivity contribution in [2.75, 3.05) is 25.0 Å². The Labute approximate surface area is 182 Å². The van der Waals surface area contributed by atoms with Crippen LogP contribution >= 0.6 is 0 Å². The quantitative estimate of drug-likeness (QED) is 0.442. The maximum absolute atomic E-state index is 4.56. The van der Waals surface area contributed by atoms with Crippen LogP contribution in [-0.2, 0) is 0 Å². The molecule has 5 rings (SSSR count). The molecule has 0 bridgehead atoms. The van der Waals surface area contributed by atoms with E-state index in [-0.39, 0.29) is 0 Å². The molecule has 1 aliphatic rings. The van der Waals surface area contributed by atoms with E-state index in [4.69, 9.17) is 0 Å². The van der Waals surface area contributed by atoms with E-state index in [1.54, 1.807) is 6.33 Å². The molecule has 6 heteroatoms. The lowest BCUT2D eigenvalue weighted by molar-refractivity contribution is 0.390. The standard InChI is InChI=1S/C25H28N6/c1-16-11-20(27-14-18-7-9-26-10-8-18)4-5-21(16)25-13-24(28-15-29-25)19-3-6-23-22(12-19)17(2)30-31-23/h3-6,11-13,15,18,26-27H,7-10,14H2,1-2H3,(H,30,31). The molecular weight excluding hydrogens is 384 g/mol. The Kier molecular flexibility index (Phi) is 5.38. The first-order valence-corrected chi connectivity index (χ1v) is 11.0. The van der Waals surface area contributed by atoms with Crippen LogP contribution in [0.4, 0.5) is 5.69 Å². The number of rotatable bonds is 5. The minimum Gasteiger partial charge on any atom is -0.385 e. The predicted molar refractivity (Wildman–Crippen MR) is 126 cm³/mol. The third kappa shape index (κ3) is 4.16. The van der Waals surface area contributed by atoms with Gasteiger partial charge in [0.1, 0.15) is 6.33 Å². The molecule has 3 heterocycles. The third-order valence-electron chi connectivity index (χ3n) is 6.26. The van der Waals surface area contributed by atoms with Crippen molar-refractivity contribution in [2.45, 2.75) is 26.7 Å². The molecule has 3 N–H and O–H groups in total. The van der Waals surface area contributed by atoms with Crippen LogP contribution in [0.25, 0.3) is 33.4 Å². The van der Waals surface area contributed by atoms with Gasteiger partial charge in [-0.1, -0.05) is 12.1 Å². The molecule has 2 aromatic heterocycles. The summed E-state index contributed by atoms with van der Waals surface area (Å²) in [5.74, 6) is 0.752. The highest BCUT2D eigenvalue weighted by molar-refractivity contribution is 5.86. The van der Waals surface area contributed by atoms with Gasteiger partial charge in [0.25, 0.3) is 0 Å². The Morgan fingerprint density at radius 3 is 2.65 bits per heavy atom. The summed E-state index contributed by atoms with van der Waals surface area (Å²) in [6.45, 7) is 7.48. The largest absolute Gasteiger partial charge is 0.385 e. The molecule has 1 saturated heterocycles. The number of nitrogens with zero attached hydrogens (tertiary/aromatic N) is 3. The van der Waals surface area contributed by atoms with E-state index in [0.29, 0.717) is 0 Å². The summed E-state index contributed by atoms with van der Waals surface area (Å²) >= 11 is 0. The number of aromatic nitrogens is 4. The van der Waals surface area contributed by atoms with Crippen molar-refractivity contribution in [3.8, 4) is 22.5 Å². The van der Waals surface area contributed by atoms with E-state index in [1.807, 2.05) is 13.0 Å². The van der Waals surface area contributed by atoms with Gasteiger partial charge in [0.05, 0.1) is 16.9 Å². The molecule has 31 heavy (non-hydrogen) atoms. The van der Waals surface area contributed by atoms with Crippen molar-refractivity contribution in [1.82, 2.24) is 25.5 Å². The SMILES string of the molecule is Cc1cc(NCC2CCNCC2)ccc1-c1cc(-c2ccc3n[nH]c(C)c3c2)ncn1. The van der Waals surface area contributed by atoms with Crippen LogP contribution in [0.3, 0.4) is 0 Å². The van der Waals surface area contributed by atoms with E-state index >= 15 is 0 Å². The van der Waals surface area contributed by atoms with Gasteiger partial charge in [-0.3, -0.25) is 5.10 Å². The van der Waals surface area contributed by atoms with Gasteiger partial charge in [0, 0.05) is 34.4 Å². The molecule has 0 atom stereocenters. The maximum Gasteiger partial charge on any atom is 0.116 e. The molecule has 0 aliphatic carbocycles. The molecule has 158 valence electrons. The summed E-state index contributed by atoms with van der Waals surface area (Å²) < 4.78 is 0. The van der Waals surface area contributed by atoms with Crippen molar-refractivity contribution >= 4 is 16.6 Å². The van der Waals surface area contributed by atoms with Crippen molar-refractivity contribution in [2.24, 2.45) is 5.92 Å². The number of nitrogens with one attached hydrogen (secondary N) is 3. The molecule has 0 amide bonds. The van der Waals surface area contributed by atoms with Crippen LogP contribution in [0.5, 0.6) is 0 Å². The highest BCUT2D eigenvalue weighted by Crippen LogP contribution is 2.29. The average Bonchev–Trinajstić information content (AvgIpc) is 3.18. The zero-order valence-corrected chi connectivity index (χ0v) is 18.1. The fourth-order valence-corrected chi connectivity index (χ4v) is 4.37. The fourth-order valence-electron chi connectivity index (χ4n) is 4.37. The molecule has 0 unspecified atom stereocenters. The molecule has 6 nitrogen and oxygen atoms in total. The Balaban J connectivity index is 1.37. The van der Waals surface area contributed by atoms with Gasteiger partial charge in [0.2, 0.25) is 0 Å². The summed E-state index contributed by atoms with van der Waals surface area (Å²) in [7, 11) is 0. The number of benzene rings is 2. The number of aryl methyl sites for hydroxylation is 2. The van der Waals surface area contributed by atoms with Gasteiger partial charge < -0.3 is 10.6 Å². The van der Waals surface area contributed by atoms with E-state index in [1.165, 1.54) is 24.1 Å². The van der Waals surface area contributed by atoms with Crippen LogP contribution < -0.4 is 10.6 Å². The Hall–Kier alpha value is -3.25. The minimum atomic E-state index is 0.752. The van der Waals surface area contributed by atoms with E-state index in [9.17, 15) is 0 Å². The second kappa shape index (κ2) is 8.47. The Morgan fingerprint density at radius 2 is 1.81 bits per heavy atom. The second-order valence-corrected chi connectivity index (χ2v) is 8.47. The zero-order valence-electron chi connectivity index (χ0n) is 18.1. The van der Waals surface area contributed by atoms with Crippen LogP contribution in [0.15, 0.2) is 48.8 Å². The van der Waals surface area contributed by atoms with E-state index < -0.39 is 0 Å². The summed E-state index contributed by atoms with van der Waals surface area (Å²) in [5, 5.41) is 15.5. The van der Waals surface area contributed by atoms with Gasteiger partial charge in [0.15, 0.2) is 0 Å². The second-order valence-electron chi connectivity index (χ2n) is 8.47. The lowest BCUT2D eigenvalue weighted by Crippen LogP contribution is -2.31. The predicted octanol–water partition coefficient (Wildman–Crippen LogP) is 4.72. The Bertz CT molecular complexity index is 1210. The molecule has 0 saturated carbocycles. The van der Waals surface area contributed by atoms with Crippen LogP contribution in [0, 0.1) is 19.8 Å². The molecule has 1 aliphatic heterocycles. The highest BCUT2D eigenvalue weighted by Gasteiger charge is 2.13. The normalized spacial score (nSPS) is 14.8. The zero-order chi connectivity index (χ0) is 21.2. The van der Waals surface area contributed by atoms with E-state index in [0.717, 1.165) is 64.7 Å². The lowest BCUT2D eigenvalue weighted by Gasteiger charge is -2.23. The monoisotopic (exact) mass is 412 g/mol. The van der Waals surface area contributed by atoms with Gasteiger partial charge in [-0.05, 0) is 81.6 Å². The third-order valence-corrected chi connectivity index (χ3v) is 6.26. The van der Waals surface area contributed by atoms with Crippen molar-refractivity contribution in [1.29, 1.82) is 0 Å². The number of piperidine rings is 1. The van der Waals surface area contributed by atoms with Gasteiger partial charge in [-0.2, -0.15) is 5.10 Å². The molecule has 4 aromatic rings. The molecule has 2 aromatic carbocycles. The smallest absolute Gasteiger partial charge is 0.116 e. The first kappa shape index (κ1) is 19.7. The van der Waals surface area contributed by atoms with E-state index in [2.05, 4.69) is 74.1 Å². The van der Waals surface area contributed by atoms with Crippen molar-refractivity contribution < 1.29 is 0 Å². The number of fused-ring (bicyclic) bond motifs is 1. The summed E-state index contributed by atoms with van der Waals surface area (Å²) in [6, 6.07) is 14.8. The lowest BCUT2D eigenvalue weighted by atomic mass is 9.98. The maximum atomic E-state index is 4.56. The first-order valence-electron chi connectivity index (χ1n) is 11.0. The van der Waals surface area contributed by atoms with Crippen LogP contribution in [-0.4, -0.2) is 39.8 Å². The summed E-state index contributed by atoms with van der Waals surface area (Å²) in [6.07, 6.45) is 4.15. The summed E-state index contributed by atoms with van der Waals surface area (Å²) in [4.78, 5) is 9.08. The molecule has 0 radical (unpaired) electrons. The number of anilines is 1. The minimum absolute atomic E-state index is 0.752. The van der Waals surface area contributed by atoms with Crippen molar-refractivity contribution in [3.63, 3.8) is 0 Å². The topological polar surface area (TPSA) is 78.5 Å². The number of hydrogen-bond donors (Lipinski definition) is 3. The number of hydrogen-bond acceptors (Lipinski definition) is 5. The number of aromatic amines is 1. The molecule has 0 spiro atoms. The van der Waals surface area contributed by atoms with Crippen molar-refractivity contribution in [3.05, 3.63) is 60.0 Å². The fraction of sp³-hybridized carbons (Fsp3) is 0.320. The molecule has 1 fully saturated rings.